The lowest BCUT2D eigenvalue weighted by atomic mass is 10.1. The second kappa shape index (κ2) is 11.8. The van der Waals surface area contributed by atoms with Crippen LogP contribution in [-0.2, 0) is 6.18 Å². The molecule has 0 bridgehead atoms. The third-order valence-corrected chi connectivity index (χ3v) is 4.17. The van der Waals surface area contributed by atoms with E-state index in [4.69, 9.17) is 0 Å². The number of halogens is 5. The van der Waals surface area contributed by atoms with Crippen LogP contribution in [0.2, 0.25) is 0 Å². The number of alkyl halides is 3. The first-order valence-electron chi connectivity index (χ1n) is 8.36. The maximum Gasteiger partial charge on any atom is 0.416 e. The second-order valence-corrected chi connectivity index (χ2v) is 5.98. The molecule has 1 heterocycles. The highest BCUT2D eigenvalue weighted by molar-refractivity contribution is 5.85. The molecule has 1 N–H and O–H groups in total. The summed E-state index contributed by atoms with van der Waals surface area (Å²) in [4.78, 5) is 4.43. The Morgan fingerprint density at radius 3 is 2.32 bits per heavy atom. The van der Waals surface area contributed by atoms with Crippen molar-refractivity contribution in [2.24, 2.45) is 0 Å². The molecule has 0 unspecified atom stereocenters. The topological polar surface area (TPSA) is 18.5 Å². The molecular formula is C17H28Cl2F3N3. The van der Waals surface area contributed by atoms with Gasteiger partial charge in [-0.1, -0.05) is 13.0 Å². The Kier molecular flexibility index (Phi) is 11.5. The van der Waals surface area contributed by atoms with E-state index in [1.807, 2.05) is 4.90 Å². The Morgan fingerprint density at radius 2 is 1.72 bits per heavy atom. The van der Waals surface area contributed by atoms with Gasteiger partial charge in [-0.15, -0.1) is 24.8 Å². The van der Waals surface area contributed by atoms with E-state index in [1.54, 1.807) is 6.07 Å². The van der Waals surface area contributed by atoms with Crippen LogP contribution in [0.25, 0.3) is 0 Å². The smallest absolute Gasteiger partial charge is 0.369 e. The summed E-state index contributed by atoms with van der Waals surface area (Å²) in [6.07, 6.45) is -2.01. The van der Waals surface area contributed by atoms with Crippen LogP contribution in [0, 0.1) is 0 Å². The zero-order valence-electron chi connectivity index (χ0n) is 14.5. The Labute approximate surface area is 160 Å². The lowest BCUT2D eigenvalue weighted by Crippen LogP contribution is -2.47. The number of anilines is 1. The molecule has 1 fully saturated rings. The quantitative estimate of drug-likeness (QED) is 0.694. The number of benzene rings is 1. The first kappa shape index (κ1) is 24.3. The average Bonchev–Trinajstić information content (AvgIpc) is 2.55. The van der Waals surface area contributed by atoms with Crippen molar-refractivity contribution in [3.05, 3.63) is 29.8 Å². The number of piperazine rings is 1. The molecule has 1 aromatic rings. The number of nitrogens with one attached hydrogen (secondary N) is 1. The van der Waals surface area contributed by atoms with Crippen molar-refractivity contribution >= 4 is 30.5 Å². The van der Waals surface area contributed by atoms with Crippen LogP contribution in [0.15, 0.2) is 24.3 Å². The summed E-state index contributed by atoms with van der Waals surface area (Å²) in [5, 5.41) is 3.39. The lowest BCUT2D eigenvalue weighted by molar-refractivity contribution is -0.137. The van der Waals surface area contributed by atoms with E-state index in [0.717, 1.165) is 64.7 Å². The third-order valence-electron chi connectivity index (χ3n) is 4.17. The van der Waals surface area contributed by atoms with Gasteiger partial charge in [0.1, 0.15) is 0 Å². The van der Waals surface area contributed by atoms with E-state index >= 15 is 0 Å². The maximum atomic E-state index is 12.8. The monoisotopic (exact) mass is 401 g/mol. The van der Waals surface area contributed by atoms with Crippen molar-refractivity contribution in [1.29, 1.82) is 0 Å². The summed E-state index contributed by atoms with van der Waals surface area (Å²) in [5.74, 6) is 0. The predicted octanol–water partition coefficient (Wildman–Crippen LogP) is 4.06. The molecule has 0 amide bonds. The molecule has 25 heavy (non-hydrogen) atoms. The van der Waals surface area contributed by atoms with E-state index in [9.17, 15) is 13.2 Å². The van der Waals surface area contributed by atoms with Gasteiger partial charge in [-0.2, -0.15) is 13.2 Å². The van der Waals surface area contributed by atoms with Gasteiger partial charge in [0, 0.05) is 31.9 Å². The van der Waals surface area contributed by atoms with E-state index in [2.05, 4.69) is 17.1 Å². The Hall–Kier alpha value is -0.690. The van der Waals surface area contributed by atoms with Gasteiger partial charge in [0.25, 0.3) is 0 Å². The molecular weight excluding hydrogens is 374 g/mol. The van der Waals surface area contributed by atoms with Gasteiger partial charge in [-0.05, 0) is 50.7 Å². The normalized spacial score (nSPS) is 15.4. The minimum Gasteiger partial charge on any atom is -0.369 e. The van der Waals surface area contributed by atoms with Gasteiger partial charge >= 0.3 is 6.18 Å². The summed E-state index contributed by atoms with van der Waals surface area (Å²) < 4.78 is 38.4. The first-order valence-corrected chi connectivity index (χ1v) is 8.36. The minimum atomic E-state index is -4.27. The number of hydrogen-bond donors (Lipinski definition) is 1. The molecule has 1 aromatic carbocycles. The van der Waals surface area contributed by atoms with Gasteiger partial charge in [0.05, 0.1) is 5.56 Å². The zero-order chi connectivity index (χ0) is 16.7. The van der Waals surface area contributed by atoms with Crippen LogP contribution in [0.5, 0.6) is 0 Å². The van der Waals surface area contributed by atoms with Gasteiger partial charge in [0.2, 0.25) is 0 Å². The van der Waals surface area contributed by atoms with Gasteiger partial charge in [-0.3, -0.25) is 4.90 Å². The van der Waals surface area contributed by atoms with Crippen molar-refractivity contribution in [3.8, 4) is 0 Å². The number of rotatable bonds is 7. The minimum absolute atomic E-state index is 0. The summed E-state index contributed by atoms with van der Waals surface area (Å²) in [6, 6.07) is 5.64. The summed E-state index contributed by atoms with van der Waals surface area (Å²) in [7, 11) is 0. The molecule has 2 rings (SSSR count). The SMILES string of the molecule is CCCNCCCN1CCN(c2cccc(C(F)(F)F)c2)CC1.Cl.Cl. The van der Waals surface area contributed by atoms with E-state index in [-0.39, 0.29) is 24.8 Å². The maximum absolute atomic E-state index is 12.8. The molecule has 0 atom stereocenters. The first-order chi connectivity index (χ1) is 11.0. The molecule has 8 heteroatoms. The lowest BCUT2D eigenvalue weighted by Gasteiger charge is -2.36. The van der Waals surface area contributed by atoms with Crippen molar-refractivity contribution in [3.63, 3.8) is 0 Å². The van der Waals surface area contributed by atoms with Crippen molar-refractivity contribution in [2.45, 2.75) is 25.9 Å². The van der Waals surface area contributed by atoms with Crippen LogP contribution in [-0.4, -0.2) is 50.7 Å². The van der Waals surface area contributed by atoms with Crippen molar-refractivity contribution in [1.82, 2.24) is 10.2 Å². The van der Waals surface area contributed by atoms with Crippen LogP contribution in [0.4, 0.5) is 18.9 Å². The molecule has 1 aliphatic heterocycles. The van der Waals surface area contributed by atoms with Crippen LogP contribution in [0.1, 0.15) is 25.3 Å². The Balaban J connectivity index is 0.00000288. The van der Waals surface area contributed by atoms with Crippen LogP contribution in [0.3, 0.4) is 0 Å². The van der Waals surface area contributed by atoms with E-state index in [1.165, 1.54) is 12.1 Å². The largest absolute Gasteiger partial charge is 0.416 e. The van der Waals surface area contributed by atoms with Crippen molar-refractivity contribution < 1.29 is 13.2 Å². The highest BCUT2D eigenvalue weighted by Crippen LogP contribution is 2.31. The molecule has 0 saturated carbocycles. The Bertz CT molecular complexity index is 478. The second-order valence-electron chi connectivity index (χ2n) is 5.98. The molecule has 0 aromatic heterocycles. The fourth-order valence-electron chi connectivity index (χ4n) is 2.84. The molecule has 1 aliphatic rings. The fourth-order valence-corrected chi connectivity index (χ4v) is 2.84. The van der Waals surface area contributed by atoms with Crippen molar-refractivity contribution in [2.75, 3.05) is 50.7 Å². The molecule has 0 spiro atoms. The van der Waals surface area contributed by atoms with E-state index in [0.29, 0.717) is 5.69 Å². The Morgan fingerprint density at radius 1 is 1.04 bits per heavy atom. The highest BCUT2D eigenvalue weighted by atomic mass is 35.5. The number of nitrogens with zero attached hydrogens (tertiary/aromatic N) is 2. The standard InChI is InChI=1S/C17H26F3N3.2ClH/c1-2-7-21-8-4-9-22-10-12-23(13-11-22)16-6-3-5-15(14-16)17(18,19)20;;/h3,5-6,14,21H,2,4,7-13H2,1H3;2*1H. The third kappa shape index (κ3) is 8.03. The summed E-state index contributed by atoms with van der Waals surface area (Å²) in [6.45, 7) is 8.67. The molecule has 0 aliphatic carbocycles. The predicted molar refractivity (Wildman–Crippen MR) is 102 cm³/mol. The van der Waals surface area contributed by atoms with Gasteiger partial charge in [0.15, 0.2) is 0 Å². The molecule has 1 saturated heterocycles. The molecule has 3 nitrogen and oxygen atoms in total. The summed E-state index contributed by atoms with van der Waals surface area (Å²) >= 11 is 0. The molecule has 146 valence electrons. The van der Waals surface area contributed by atoms with Gasteiger partial charge < -0.3 is 10.2 Å². The molecule has 0 radical (unpaired) electrons. The average molecular weight is 402 g/mol. The van der Waals surface area contributed by atoms with Crippen LogP contribution < -0.4 is 10.2 Å². The summed E-state index contributed by atoms with van der Waals surface area (Å²) in [5.41, 5.74) is 0.100. The van der Waals surface area contributed by atoms with E-state index < -0.39 is 11.7 Å². The van der Waals surface area contributed by atoms with Crippen LogP contribution >= 0.6 is 24.8 Å². The zero-order valence-corrected chi connectivity index (χ0v) is 16.2. The highest BCUT2D eigenvalue weighted by Gasteiger charge is 2.31. The fraction of sp³-hybridized carbons (Fsp3) is 0.647. The number of hydrogen-bond acceptors (Lipinski definition) is 3. The van der Waals surface area contributed by atoms with Gasteiger partial charge in [-0.25, -0.2) is 0 Å².